The van der Waals surface area contributed by atoms with Crippen molar-refractivity contribution >= 4 is 0 Å². The molecule has 20 heavy (non-hydrogen) atoms. The van der Waals surface area contributed by atoms with Gasteiger partial charge in [0.05, 0.1) is 32.5 Å². The third kappa shape index (κ3) is 8.20. The van der Waals surface area contributed by atoms with Crippen molar-refractivity contribution in [2.45, 2.75) is 70.2 Å². The molecule has 0 aromatic carbocycles. The number of ether oxygens (including phenoxy) is 4. The average Bonchev–Trinajstić information content (AvgIpc) is 3.34. The summed E-state index contributed by atoms with van der Waals surface area (Å²) in [5.74, 6) is 0. The number of epoxide rings is 2. The Morgan fingerprint density at radius 3 is 2.30 bits per heavy atom. The molecule has 0 aliphatic carbocycles. The van der Waals surface area contributed by atoms with Gasteiger partial charge in [-0.05, 0) is 19.3 Å². The maximum atomic E-state index is 5.85. The van der Waals surface area contributed by atoms with E-state index in [2.05, 4.69) is 6.92 Å². The smallest absolute Gasteiger partial charge is 0.104 e. The van der Waals surface area contributed by atoms with Gasteiger partial charge in [0.15, 0.2) is 0 Å². The van der Waals surface area contributed by atoms with Gasteiger partial charge in [-0.15, -0.1) is 0 Å². The highest BCUT2D eigenvalue weighted by atomic mass is 16.6. The van der Waals surface area contributed by atoms with Gasteiger partial charge in [-0.3, -0.25) is 0 Å². The van der Waals surface area contributed by atoms with Crippen LogP contribution in [0.3, 0.4) is 0 Å². The second-order valence-corrected chi connectivity index (χ2v) is 5.91. The summed E-state index contributed by atoms with van der Waals surface area (Å²) >= 11 is 0. The molecule has 0 spiro atoms. The molecule has 2 fully saturated rings. The lowest BCUT2D eigenvalue weighted by Crippen LogP contribution is -2.15. The van der Waals surface area contributed by atoms with Gasteiger partial charge in [0.2, 0.25) is 0 Å². The summed E-state index contributed by atoms with van der Waals surface area (Å²) in [7, 11) is 0. The van der Waals surface area contributed by atoms with Crippen LogP contribution in [0.1, 0.15) is 51.9 Å². The predicted octanol–water partition coefficient (Wildman–Crippen LogP) is 2.94. The molecule has 118 valence electrons. The fourth-order valence-corrected chi connectivity index (χ4v) is 2.30. The molecular weight excluding hydrogens is 256 g/mol. The number of unbranched alkanes of at least 4 members (excludes halogenated alkanes) is 4. The third-order valence-electron chi connectivity index (χ3n) is 3.90. The molecule has 0 amide bonds. The van der Waals surface area contributed by atoms with Gasteiger partial charge < -0.3 is 18.9 Å². The standard InChI is InChI=1S/C16H30O4/c1-2-14(18-12-16-13-20-16)8-6-4-3-5-7-9-17-10-15-11-19-15/h14-16H,2-13H2,1H3. The average molecular weight is 286 g/mol. The molecule has 2 rings (SSSR count). The van der Waals surface area contributed by atoms with E-state index < -0.39 is 0 Å². The molecule has 0 N–H and O–H groups in total. The maximum Gasteiger partial charge on any atom is 0.104 e. The minimum atomic E-state index is 0.394. The zero-order valence-corrected chi connectivity index (χ0v) is 12.9. The van der Waals surface area contributed by atoms with Crippen molar-refractivity contribution in [3.63, 3.8) is 0 Å². The van der Waals surface area contributed by atoms with Gasteiger partial charge in [-0.2, -0.15) is 0 Å². The van der Waals surface area contributed by atoms with Crippen LogP contribution < -0.4 is 0 Å². The second-order valence-electron chi connectivity index (χ2n) is 5.91. The highest BCUT2D eigenvalue weighted by Crippen LogP contribution is 2.15. The zero-order chi connectivity index (χ0) is 14.0. The van der Waals surface area contributed by atoms with E-state index in [0.717, 1.165) is 39.5 Å². The molecule has 0 bridgehead atoms. The molecule has 3 atom stereocenters. The first-order valence-corrected chi connectivity index (χ1v) is 8.31. The number of rotatable bonds is 14. The molecule has 0 aromatic rings. The van der Waals surface area contributed by atoms with Crippen molar-refractivity contribution in [1.82, 2.24) is 0 Å². The summed E-state index contributed by atoms with van der Waals surface area (Å²) in [4.78, 5) is 0. The Balaban J connectivity index is 1.30. The highest BCUT2D eigenvalue weighted by molar-refractivity contribution is 4.69. The van der Waals surface area contributed by atoms with E-state index in [1.807, 2.05) is 0 Å². The monoisotopic (exact) mass is 286 g/mol. The SMILES string of the molecule is CCC(CCCCCCCOCC1CO1)OCC1CO1. The third-order valence-corrected chi connectivity index (χ3v) is 3.90. The Bertz CT molecular complexity index is 239. The van der Waals surface area contributed by atoms with Crippen molar-refractivity contribution in [3.8, 4) is 0 Å². The van der Waals surface area contributed by atoms with Gasteiger partial charge in [0, 0.05) is 6.61 Å². The second kappa shape index (κ2) is 9.72. The highest BCUT2D eigenvalue weighted by Gasteiger charge is 2.23. The van der Waals surface area contributed by atoms with E-state index in [1.54, 1.807) is 0 Å². The summed E-state index contributed by atoms with van der Waals surface area (Å²) in [6, 6.07) is 0. The largest absolute Gasteiger partial charge is 0.379 e. The molecule has 2 aliphatic heterocycles. The minimum Gasteiger partial charge on any atom is -0.379 e. The minimum absolute atomic E-state index is 0.394. The van der Waals surface area contributed by atoms with E-state index in [9.17, 15) is 0 Å². The molecule has 3 unspecified atom stereocenters. The zero-order valence-electron chi connectivity index (χ0n) is 12.9. The van der Waals surface area contributed by atoms with Gasteiger partial charge in [0.1, 0.15) is 12.2 Å². The number of hydrogen-bond acceptors (Lipinski definition) is 4. The van der Waals surface area contributed by atoms with Crippen LogP contribution in [0, 0.1) is 0 Å². The Kier molecular flexibility index (Phi) is 7.88. The molecule has 2 aliphatic rings. The van der Waals surface area contributed by atoms with Crippen LogP contribution in [0.5, 0.6) is 0 Å². The van der Waals surface area contributed by atoms with Crippen molar-refractivity contribution in [1.29, 1.82) is 0 Å². The lowest BCUT2D eigenvalue weighted by molar-refractivity contribution is 0.0334. The summed E-state index contributed by atoms with van der Waals surface area (Å²) in [5, 5.41) is 0. The Morgan fingerprint density at radius 2 is 1.60 bits per heavy atom. The molecule has 0 saturated carbocycles. The van der Waals surface area contributed by atoms with Gasteiger partial charge in [-0.25, -0.2) is 0 Å². The first-order valence-electron chi connectivity index (χ1n) is 8.31. The Labute approximate surface area is 123 Å². The molecular formula is C16H30O4. The van der Waals surface area contributed by atoms with E-state index in [0.29, 0.717) is 18.3 Å². The van der Waals surface area contributed by atoms with Crippen LogP contribution in [0.25, 0.3) is 0 Å². The quantitative estimate of drug-likeness (QED) is 0.364. The van der Waals surface area contributed by atoms with Crippen molar-refractivity contribution in [2.24, 2.45) is 0 Å². The Morgan fingerprint density at radius 1 is 0.950 bits per heavy atom. The van der Waals surface area contributed by atoms with Crippen molar-refractivity contribution < 1.29 is 18.9 Å². The number of hydrogen-bond donors (Lipinski definition) is 0. The van der Waals surface area contributed by atoms with Gasteiger partial charge >= 0.3 is 0 Å². The molecule has 0 radical (unpaired) electrons. The predicted molar refractivity (Wildman–Crippen MR) is 78.0 cm³/mol. The lowest BCUT2D eigenvalue weighted by atomic mass is 10.1. The maximum absolute atomic E-state index is 5.85. The van der Waals surface area contributed by atoms with Crippen LogP contribution in [-0.4, -0.2) is 51.3 Å². The van der Waals surface area contributed by atoms with E-state index >= 15 is 0 Å². The summed E-state index contributed by atoms with van der Waals surface area (Å²) in [6.07, 6.45) is 9.90. The van der Waals surface area contributed by atoms with Crippen molar-refractivity contribution in [2.75, 3.05) is 33.0 Å². The molecule has 4 heteroatoms. The van der Waals surface area contributed by atoms with Crippen LogP contribution in [0.2, 0.25) is 0 Å². The first-order chi connectivity index (χ1) is 9.88. The van der Waals surface area contributed by atoms with Crippen LogP contribution in [0.15, 0.2) is 0 Å². The van der Waals surface area contributed by atoms with Crippen LogP contribution in [0.4, 0.5) is 0 Å². The van der Waals surface area contributed by atoms with E-state index in [1.165, 1.54) is 38.5 Å². The van der Waals surface area contributed by atoms with E-state index in [-0.39, 0.29) is 0 Å². The fraction of sp³-hybridized carbons (Fsp3) is 1.00. The first kappa shape index (κ1) is 16.2. The topological polar surface area (TPSA) is 43.5 Å². The summed E-state index contributed by atoms with van der Waals surface area (Å²) < 4.78 is 21.6. The van der Waals surface area contributed by atoms with Gasteiger partial charge in [-0.1, -0.05) is 32.6 Å². The normalized spacial score (nSPS) is 25.6. The molecule has 0 aromatic heterocycles. The van der Waals surface area contributed by atoms with Gasteiger partial charge in [0.25, 0.3) is 0 Å². The molecule has 4 nitrogen and oxygen atoms in total. The lowest BCUT2D eigenvalue weighted by Gasteiger charge is -2.15. The molecule has 2 saturated heterocycles. The van der Waals surface area contributed by atoms with Crippen LogP contribution in [-0.2, 0) is 18.9 Å². The summed E-state index contributed by atoms with van der Waals surface area (Å²) in [5.41, 5.74) is 0. The van der Waals surface area contributed by atoms with Crippen LogP contribution >= 0.6 is 0 Å². The van der Waals surface area contributed by atoms with E-state index in [4.69, 9.17) is 18.9 Å². The Hall–Kier alpha value is -0.160. The molecule has 2 heterocycles. The summed E-state index contributed by atoms with van der Waals surface area (Å²) in [6.45, 7) is 6.47. The van der Waals surface area contributed by atoms with Crippen molar-refractivity contribution in [3.05, 3.63) is 0 Å². The fourth-order valence-electron chi connectivity index (χ4n) is 2.30.